The molecule has 0 saturated carbocycles. The van der Waals surface area contributed by atoms with E-state index in [2.05, 4.69) is 0 Å². The van der Waals surface area contributed by atoms with Crippen molar-refractivity contribution in [3.8, 4) is 11.5 Å². The van der Waals surface area contributed by atoms with Gasteiger partial charge in [-0.1, -0.05) is 36.4 Å². The zero-order valence-corrected chi connectivity index (χ0v) is 27.2. The first kappa shape index (κ1) is 33.2. The summed E-state index contributed by atoms with van der Waals surface area (Å²) in [4.78, 5) is 61.4. The average Bonchev–Trinajstić information content (AvgIpc) is 3.53. The van der Waals surface area contributed by atoms with Crippen molar-refractivity contribution >= 4 is 29.1 Å². The van der Waals surface area contributed by atoms with Crippen molar-refractivity contribution in [2.45, 2.75) is 58.0 Å². The van der Waals surface area contributed by atoms with Gasteiger partial charge in [0.15, 0.2) is 17.2 Å². The number of rotatable bonds is 15. The number of carbonyl (C=O) groups is 5. The van der Waals surface area contributed by atoms with Crippen LogP contribution in [0.5, 0.6) is 11.5 Å². The molecule has 1 spiro atoms. The number of esters is 1. The van der Waals surface area contributed by atoms with E-state index in [1.165, 1.54) is 12.2 Å². The second-order valence-electron chi connectivity index (χ2n) is 12.6. The highest BCUT2D eigenvalue weighted by molar-refractivity contribution is 6.18. The highest BCUT2D eigenvalue weighted by Gasteiger charge is 2.53. The fraction of sp³-hybridized carbons (Fsp3) is 0.359. The Morgan fingerprint density at radius 1 is 0.708 bits per heavy atom. The van der Waals surface area contributed by atoms with Crippen LogP contribution in [-0.2, 0) is 45.4 Å². The number of Topliss-reactive ketones (excluding diaryl/α,β-unsaturated/α-hetero) is 2. The lowest BCUT2D eigenvalue weighted by Crippen LogP contribution is -2.33. The Morgan fingerprint density at radius 2 is 1.33 bits per heavy atom. The van der Waals surface area contributed by atoms with E-state index in [0.717, 1.165) is 33.4 Å². The van der Waals surface area contributed by atoms with E-state index >= 15 is 0 Å². The van der Waals surface area contributed by atoms with Gasteiger partial charge in [-0.25, -0.2) is 4.79 Å². The molecule has 3 aromatic rings. The Balaban J connectivity index is 0.955. The molecule has 9 nitrogen and oxygen atoms in total. The molecule has 0 amide bonds. The minimum absolute atomic E-state index is 0.00466. The van der Waals surface area contributed by atoms with Crippen molar-refractivity contribution in [3.05, 3.63) is 106 Å². The number of ether oxygens (including phenoxy) is 4. The van der Waals surface area contributed by atoms with Crippen molar-refractivity contribution in [2.24, 2.45) is 5.92 Å². The summed E-state index contributed by atoms with van der Waals surface area (Å²) in [6, 6.07) is 17.3. The third-order valence-corrected chi connectivity index (χ3v) is 9.04. The Bertz CT molecular complexity index is 1750. The lowest BCUT2D eigenvalue weighted by molar-refractivity contribution is -0.126. The van der Waals surface area contributed by atoms with Gasteiger partial charge in [-0.2, -0.15) is 0 Å². The largest absolute Gasteiger partial charge is 0.456 e. The number of benzene rings is 3. The number of ketones is 4. The molecule has 0 atom stereocenters. The Kier molecular flexibility index (Phi) is 9.80. The van der Waals surface area contributed by atoms with Gasteiger partial charge in [0.2, 0.25) is 0 Å². The van der Waals surface area contributed by atoms with Crippen LogP contribution in [0.25, 0.3) is 0 Å². The van der Waals surface area contributed by atoms with Gasteiger partial charge in [0, 0.05) is 49.0 Å². The third kappa shape index (κ3) is 6.79. The molecule has 0 N–H and O–H groups in total. The van der Waals surface area contributed by atoms with E-state index in [4.69, 9.17) is 18.9 Å². The minimum Gasteiger partial charge on any atom is -0.456 e. The van der Waals surface area contributed by atoms with Crippen LogP contribution in [0, 0.1) is 19.8 Å². The molecular formula is C39H38O9. The molecule has 0 radical (unpaired) electrons. The average molecular weight is 651 g/mol. The normalized spacial score (nSPS) is 15.7. The first-order valence-corrected chi connectivity index (χ1v) is 16.4. The van der Waals surface area contributed by atoms with Gasteiger partial charge in [-0.15, -0.1) is 0 Å². The van der Waals surface area contributed by atoms with Crippen molar-refractivity contribution < 1.29 is 42.9 Å². The highest BCUT2D eigenvalue weighted by atomic mass is 16.6. The van der Waals surface area contributed by atoms with E-state index in [1.807, 2.05) is 62.4 Å². The zero-order valence-electron chi connectivity index (χ0n) is 27.2. The number of hydrogen-bond acceptors (Lipinski definition) is 9. The molecule has 2 heterocycles. The van der Waals surface area contributed by atoms with Crippen LogP contribution in [0.3, 0.4) is 0 Å². The summed E-state index contributed by atoms with van der Waals surface area (Å²) >= 11 is 0. The molecule has 1 aliphatic carbocycles. The molecular weight excluding hydrogens is 612 g/mol. The number of hydrogen-bond donors (Lipinski definition) is 0. The summed E-state index contributed by atoms with van der Waals surface area (Å²) in [5.41, 5.74) is 4.34. The van der Waals surface area contributed by atoms with Gasteiger partial charge in [-0.3, -0.25) is 19.2 Å². The molecule has 3 aliphatic rings. The van der Waals surface area contributed by atoms with Gasteiger partial charge in [0.1, 0.15) is 23.1 Å². The fourth-order valence-corrected chi connectivity index (χ4v) is 6.55. The molecule has 3 aromatic carbocycles. The number of allylic oxidation sites excluding steroid dienone is 2. The van der Waals surface area contributed by atoms with Crippen molar-refractivity contribution in [3.63, 3.8) is 0 Å². The van der Waals surface area contributed by atoms with Crippen LogP contribution in [-0.4, -0.2) is 55.5 Å². The summed E-state index contributed by atoms with van der Waals surface area (Å²) in [6.45, 7) is 5.27. The lowest BCUT2D eigenvalue weighted by atomic mass is 9.77. The van der Waals surface area contributed by atoms with Gasteiger partial charge in [0.05, 0.1) is 31.3 Å². The van der Waals surface area contributed by atoms with Gasteiger partial charge >= 0.3 is 5.97 Å². The summed E-state index contributed by atoms with van der Waals surface area (Å²) in [7, 11) is 0. The quantitative estimate of drug-likeness (QED) is 0.113. The Hall–Kier alpha value is -4.73. The smallest absolute Gasteiger partial charge is 0.340 e. The van der Waals surface area contributed by atoms with Crippen molar-refractivity contribution in [2.75, 3.05) is 26.4 Å². The van der Waals surface area contributed by atoms with Crippen molar-refractivity contribution in [1.82, 2.24) is 0 Å². The van der Waals surface area contributed by atoms with Gasteiger partial charge in [-0.05, 0) is 73.7 Å². The maximum atomic E-state index is 13.4. The second kappa shape index (κ2) is 14.2. The molecule has 0 aromatic heterocycles. The predicted octanol–water partition coefficient (Wildman–Crippen LogP) is 5.86. The van der Waals surface area contributed by atoms with Crippen molar-refractivity contribution in [1.29, 1.82) is 0 Å². The summed E-state index contributed by atoms with van der Waals surface area (Å²) in [6.07, 6.45) is 4.27. The Morgan fingerprint density at radius 3 is 2.00 bits per heavy atom. The number of carbonyl (C=O) groups excluding carboxylic acids is 5. The van der Waals surface area contributed by atoms with E-state index < -0.39 is 17.5 Å². The third-order valence-electron chi connectivity index (χ3n) is 9.04. The van der Waals surface area contributed by atoms with E-state index in [9.17, 15) is 24.0 Å². The van der Waals surface area contributed by atoms with Crippen LogP contribution in [0.1, 0.15) is 75.8 Å². The topological polar surface area (TPSA) is 122 Å². The molecule has 2 aliphatic heterocycles. The summed E-state index contributed by atoms with van der Waals surface area (Å²) < 4.78 is 23.6. The SMILES string of the molecule is Cc1ccc2c(c1)Oc1cc(C)ccc1C21OC(=O)c2cc(CC(=O)CCOCCOCCCC(=O)CCC3C(=O)C=CC3=O)ccc21. The van der Waals surface area contributed by atoms with Crippen LogP contribution >= 0.6 is 0 Å². The summed E-state index contributed by atoms with van der Waals surface area (Å²) in [5.74, 6) is -0.296. The van der Waals surface area contributed by atoms with Gasteiger partial charge < -0.3 is 18.9 Å². The molecule has 0 saturated heterocycles. The molecule has 9 heteroatoms. The standard InChI is InChI=1S/C39H38O9/c1-24-5-10-32-36(20-24)47-37-21-25(2)6-11-33(37)39(32)31-12-7-26(23-30(31)38(44)48-39)22-28(41)15-17-46-19-18-45-16-3-4-27(40)8-9-29-34(42)13-14-35(29)43/h5-7,10-14,20-21,23,29H,3-4,8-9,15-19,22H2,1-2H3. The van der Waals surface area contributed by atoms with E-state index in [0.29, 0.717) is 49.7 Å². The number of fused-ring (bicyclic) bond motifs is 6. The maximum Gasteiger partial charge on any atom is 0.340 e. The van der Waals surface area contributed by atoms with Crippen LogP contribution in [0.2, 0.25) is 0 Å². The maximum absolute atomic E-state index is 13.4. The zero-order chi connectivity index (χ0) is 33.8. The minimum atomic E-state index is -1.14. The lowest BCUT2D eigenvalue weighted by Gasteiger charge is -2.36. The molecule has 0 fully saturated rings. The molecule has 48 heavy (non-hydrogen) atoms. The first-order chi connectivity index (χ1) is 23.2. The number of aryl methyl sites for hydroxylation is 2. The fourth-order valence-electron chi connectivity index (χ4n) is 6.55. The van der Waals surface area contributed by atoms with E-state index in [-0.39, 0.29) is 55.4 Å². The monoisotopic (exact) mass is 650 g/mol. The molecule has 0 bridgehead atoms. The Labute approximate surface area is 279 Å². The summed E-state index contributed by atoms with van der Waals surface area (Å²) in [5, 5.41) is 0. The molecule has 0 unspecified atom stereocenters. The van der Waals surface area contributed by atoms with Crippen LogP contribution < -0.4 is 4.74 Å². The first-order valence-electron chi connectivity index (χ1n) is 16.4. The predicted molar refractivity (Wildman–Crippen MR) is 175 cm³/mol. The molecule has 248 valence electrons. The van der Waals surface area contributed by atoms with Crippen LogP contribution in [0.15, 0.2) is 66.7 Å². The second-order valence-corrected chi connectivity index (χ2v) is 12.6. The highest BCUT2D eigenvalue weighted by Crippen LogP contribution is 2.56. The van der Waals surface area contributed by atoms with Crippen LogP contribution in [0.4, 0.5) is 0 Å². The van der Waals surface area contributed by atoms with Gasteiger partial charge in [0.25, 0.3) is 0 Å². The molecule has 6 rings (SSSR count). The van der Waals surface area contributed by atoms with E-state index in [1.54, 1.807) is 6.07 Å².